The summed E-state index contributed by atoms with van der Waals surface area (Å²) >= 11 is 0. The van der Waals surface area contributed by atoms with Crippen LogP contribution >= 0.6 is 0 Å². The maximum atomic E-state index is 13.9. The third-order valence-electron chi connectivity index (χ3n) is 8.40. The van der Waals surface area contributed by atoms with Crippen molar-refractivity contribution in [2.45, 2.75) is 96.8 Å². The van der Waals surface area contributed by atoms with E-state index >= 15 is 0 Å². The van der Waals surface area contributed by atoms with Gasteiger partial charge in [0.1, 0.15) is 18.1 Å². The van der Waals surface area contributed by atoms with Gasteiger partial charge >= 0.3 is 6.09 Å². The van der Waals surface area contributed by atoms with E-state index in [-0.39, 0.29) is 37.2 Å². The van der Waals surface area contributed by atoms with Gasteiger partial charge in [-0.15, -0.1) is 0 Å². The quantitative estimate of drug-likeness (QED) is 0.153. The molecule has 1 aliphatic heterocycles. The van der Waals surface area contributed by atoms with E-state index in [1.807, 2.05) is 13.8 Å². The molecule has 0 spiro atoms. The minimum atomic E-state index is -1.20. The van der Waals surface area contributed by atoms with Gasteiger partial charge in [-0.25, -0.2) is 4.79 Å². The fourth-order valence-electron chi connectivity index (χ4n) is 5.91. The van der Waals surface area contributed by atoms with Crippen LogP contribution in [0.15, 0.2) is 42.5 Å². The lowest BCUT2D eigenvalue weighted by molar-refractivity contribution is -0.143. The molecule has 1 fully saturated rings. The molecule has 1 aromatic carbocycles. The van der Waals surface area contributed by atoms with Crippen molar-refractivity contribution in [3.63, 3.8) is 0 Å². The Morgan fingerprint density at radius 1 is 0.938 bits per heavy atom. The smallest absolute Gasteiger partial charge is 0.407 e. The van der Waals surface area contributed by atoms with Crippen molar-refractivity contribution < 1.29 is 38.3 Å². The molecule has 1 aliphatic carbocycles. The largest absolute Gasteiger partial charge is 0.449 e. The average Bonchev–Trinajstić information content (AvgIpc) is 3.58. The van der Waals surface area contributed by atoms with Crippen LogP contribution in [0.25, 0.3) is 0 Å². The molecule has 1 unspecified atom stereocenters. The molecule has 1 saturated carbocycles. The first-order chi connectivity index (χ1) is 22.9. The number of nitrogens with one attached hydrogen (secondary N) is 4. The normalized spacial score (nSPS) is 17.9. The molecule has 0 aromatic heterocycles. The number of amides is 5. The summed E-state index contributed by atoms with van der Waals surface area (Å²) < 4.78 is 5.29. The number of alkyl carbamates (subject to hydrolysis) is 1. The van der Waals surface area contributed by atoms with Gasteiger partial charge in [-0.2, -0.15) is 0 Å². The second kappa shape index (κ2) is 18.7. The van der Waals surface area contributed by atoms with Crippen molar-refractivity contribution in [3.8, 4) is 0 Å². The molecule has 5 amide bonds. The number of benzene rings is 1. The lowest BCUT2D eigenvalue weighted by atomic mass is 9.83. The molecular weight excluding hydrogens is 618 g/mol. The maximum Gasteiger partial charge on any atom is 0.407 e. The highest BCUT2D eigenvalue weighted by atomic mass is 16.5. The summed E-state index contributed by atoms with van der Waals surface area (Å²) in [6.45, 7) is 6.71. The van der Waals surface area contributed by atoms with Crippen LogP contribution in [0.5, 0.6) is 0 Å². The molecule has 2 aliphatic rings. The first-order valence-corrected chi connectivity index (χ1v) is 16.8. The Labute approximate surface area is 282 Å². The maximum absolute atomic E-state index is 13.9. The number of Topliss-reactive ketones (excluding diaryl/α,β-unsaturated/α-hetero) is 2. The molecule has 262 valence electrons. The van der Waals surface area contributed by atoms with E-state index in [2.05, 4.69) is 21.3 Å². The van der Waals surface area contributed by atoms with Crippen molar-refractivity contribution >= 4 is 41.3 Å². The van der Waals surface area contributed by atoms with Gasteiger partial charge in [0.2, 0.25) is 23.5 Å². The van der Waals surface area contributed by atoms with Crippen LogP contribution in [-0.4, -0.2) is 84.0 Å². The summed E-state index contributed by atoms with van der Waals surface area (Å²) in [6, 6.07) is 4.56. The highest BCUT2D eigenvalue weighted by Crippen LogP contribution is 2.28. The Kier molecular flexibility index (Phi) is 14.8. The molecule has 1 aromatic rings. The highest BCUT2D eigenvalue weighted by molar-refractivity contribution is 6.38. The average molecular weight is 668 g/mol. The van der Waals surface area contributed by atoms with Gasteiger partial charge in [0.05, 0.1) is 19.2 Å². The van der Waals surface area contributed by atoms with Crippen LogP contribution in [0.4, 0.5) is 4.79 Å². The number of ketones is 2. The summed E-state index contributed by atoms with van der Waals surface area (Å²) in [4.78, 5) is 92.0. The summed E-state index contributed by atoms with van der Waals surface area (Å²) in [5.41, 5.74) is 0.576. The van der Waals surface area contributed by atoms with Gasteiger partial charge in [-0.05, 0) is 43.6 Å². The second-order valence-corrected chi connectivity index (χ2v) is 12.8. The number of rotatable bonds is 16. The molecule has 0 saturated heterocycles. The van der Waals surface area contributed by atoms with E-state index in [0.717, 1.165) is 32.1 Å². The lowest BCUT2D eigenvalue weighted by Gasteiger charge is -2.34. The van der Waals surface area contributed by atoms with E-state index in [0.29, 0.717) is 12.0 Å². The predicted molar refractivity (Wildman–Crippen MR) is 177 cm³/mol. The van der Waals surface area contributed by atoms with Gasteiger partial charge in [0.25, 0.3) is 5.91 Å². The number of hydrogen-bond acceptors (Lipinski definition) is 8. The Hall–Kier alpha value is -4.55. The molecule has 0 bridgehead atoms. The number of nitrogens with zero attached hydrogens (tertiary/aromatic N) is 1. The van der Waals surface area contributed by atoms with Gasteiger partial charge in [0.15, 0.2) is 5.78 Å². The minimum absolute atomic E-state index is 0.115. The highest BCUT2D eigenvalue weighted by Gasteiger charge is 2.40. The van der Waals surface area contributed by atoms with Gasteiger partial charge < -0.3 is 30.9 Å². The van der Waals surface area contributed by atoms with Crippen molar-refractivity contribution in [1.29, 1.82) is 0 Å². The predicted octanol–water partition coefficient (Wildman–Crippen LogP) is 2.50. The standard InChI is InChI=1S/C35H49N5O8/c1-5-13-26(31(43)33(45)36-20-28(42)38-29(23(4)41)24-14-8-6-9-15-24)37-32(44)27-18-12-19-40(27)34(46)30(25-16-10-7-11-17-25)39-35(47)48-21-22(2)3/h6,8-9,12,14-15,18,22,25-27,29-30H,5,7,10-11,13,16-17,19-21H2,1-4H3,(H,36,45)(H,37,44)(H,38,42)(H,39,47)/t26?,27-,29+,30-/m0/s1. The Balaban J connectivity index is 1.63. The van der Waals surface area contributed by atoms with Gasteiger partial charge in [-0.3, -0.25) is 28.8 Å². The van der Waals surface area contributed by atoms with Crippen LogP contribution in [-0.2, 0) is 33.5 Å². The Morgan fingerprint density at radius 3 is 2.25 bits per heavy atom. The Bertz CT molecular complexity index is 1340. The minimum Gasteiger partial charge on any atom is -0.449 e. The molecule has 48 heavy (non-hydrogen) atoms. The van der Waals surface area contributed by atoms with Crippen LogP contribution < -0.4 is 21.3 Å². The van der Waals surface area contributed by atoms with E-state index in [1.54, 1.807) is 49.4 Å². The van der Waals surface area contributed by atoms with E-state index in [1.165, 1.54) is 11.8 Å². The zero-order valence-electron chi connectivity index (χ0n) is 28.3. The second-order valence-electron chi connectivity index (χ2n) is 12.8. The first-order valence-electron chi connectivity index (χ1n) is 16.8. The van der Waals surface area contributed by atoms with Crippen LogP contribution in [0.1, 0.15) is 84.2 Å². The summed E-state index contributed by atoms with van der Waals surface area (Å²) in [5, 5.41) is 10.2. The summed E-state index contributed by atoms with van der Waals surface area (Å²) in [7, 11) is 0. The molecular formula is C35H49N5O8. The van der Waals surface area contributed by atoms with Crippen molar-refractivity contribution in [2.24, 2.45) is 11.8 Å². The van der Waals surface area contributed by atoms with Crippen LogP contribution in [0.3, 0.4) is 0 Å². The summed E-state index contributed by atoms with van der Waals surface area (Å²) in [5.74, 6) is -4.05. The molecule has 13 nitrogen and oxygen atoms in total. The topological polar surface area (TPSA) is 180 Å². The van der Waals surface area contributed by atoms with Gasteiger partial charge in [0, 0.05) is 6.54 Å². The van der Waals surface area contributed by atoms with Crippen molar-refractivity contribution in [2.75, 3.05) is 19.7 Å². The number of carbonyl (C=O) groups is 7. The zero-order valence-corrected chi connectivity index (χ0v) is 28.3. The van der Waals surface area contributed by atoms with Crippen molar-refractivity contribution in [1.82, 2.24) is 26.2 Å². The molecule has 1 heterocycles. The fraction of sp³-hybridized carbons (Fsp3) is 0.571. The lowest BCUT2D eigenvalue weighted by Crippen LogP contribution is -2.58. The van der Waals surface area contributed by atoms with Gasteiger partial charge in [-0.1, -0.05) is 88.9 Å². The molecule has 0 radical (unpaired) electrons. The first kappa shape index (κ1) is 37.9. The van der Waals surface area contributed by atoms with E-state index in [9.17, 15) is 33.6 Å². The Morgan fingerprint density at radius 2 is 1.62 bits per heavy atom. The summed E-state index contributed by atoms with van der Waals surface area (Å²) in [6.07, 6.45) is 7.53. The number of hydrogen-bond donors (Lipinski definition) is 4. The van der Waals surface area contributed by atoms with E-state index < -0.39 is 66.2 Å². The molecule has 3 rings (SSSR count). The number of ether oxygens (including phenoxy) is 1. The van der Waals surface area contributed by atoms with Crippen molar-refractivity contribution in [3.05, 3.63) is 48.0 Å². The monoisotopic (exact) mass is 667 g/mol. The van der Waals surface area contributed by atoms with Crippen LogP contribution in [0.2, 0.25) is 0 Å². The molecule has 13 heteroatoms. The zero-order chi connectivity index (χ0) is 35.2. The van der Waals surface area contributed by atoms with E-state index in [4.69, 9.17) is 4.74 Å². The number of carbonyl (C=O) groups excluding carboxylic acids is 7. The van der Waals surface area contributed by atoms with Crippen LogP contribution in [0, 0.1) is 11.8 Å². The molecule has 4 atom stereocenters. The fourth-order valence-corrected chi connectivity index (χ4v) is 5.91. The SMILES string of the molecule is CCCC(NC(=O)[C@@H]1C=CCN1C(=O)[C@@H](NC(=O)OCC(C)C)C1CCCCC1)C(=O)C(=O)NCC(=O)N[C@H](C(C)=O)c1ccccc1. The third kappa shape index (κ3) is 11.0. The molecule has 4 N–H and O–H groups in total. The third-order valence-corrected chi connectivity index (χ3v) is 8.40.